The second-order valence-electron chi connectivity index (χ2n) is 13.5. The molecule has 51 heavy (non-hydrogen) atoms. The predicted octanol–water partition coefficient (Wildman–Crippen LogP) is 11.9. The van der Waals surface area contributed by atoms with Crippen molar-refractivity contribution in [2.45, 2.75) is 0 Å². The van der Waals surface area contributed by atoms with Crippen molar-refractivity contribution in [3.05, 3.63) is 140 Å². The summed E-state index contributed by atoms with van der Waals surface area (Å²) in [5, 5.41) is 12.2. The zero-order chi connectivity index (χ0) is 33.8. The van der Waals surface area contributed by atoms with Gasteiger partial charge in [-0.15, -0.1) is 0 Å². The minimum Gasteiger partial charge on any atom is -0.296 e. The number of aliphatic imine (C=N–C) groups is 2. The van der Waals surface area contributed by atoms with E-state index in [0.29, 0.717) is 0 Å². The highest BCUT2D eigenvalue weighted by Crippen LogP contribution is 2.58. The van der Waals surface area contributed by atoms with Crippen molar-refractivity contribution in [2.75, 3.05) is 7.05 Å². The number of aromatic nitrogens is 2. The predicted molar refractivity (Wildman–Crippen MR) is 216 cm³/mol. The van der Waals surface area contributed by atoms with Gasteiger partial charge in [0.25, 0.3) is 0 Å². The molecule has 0 atom stereocenters. The molecule has 0 bridgehead atoms. The molecule has 0 saturated heterocycles. The molecule has 0 spiro atoms. The Balaban J connectivity index is 1.34. The van der Waals surface area contributed by atoms with Crippen LogP contribution in [0.25, 0.3) is 115 Å². The molecule has 0 aliphatic heterocycles. The van der Waals surface area contributed by atoms with Crippen LogP contribution in [0.4, 0.5) is 0 Å². The van der Waals surface area contributed by atoms with E-state index in [1.807, 2.05) is 31.9 Å². The molecule has 236 valence electrons. The van der Waals surface area contributed by atoms with E-state index < -0.39 is 0 Å². The van der Waals surface area contributed by atoms with Crippen LogP contribution in [0, 0.1) is 0 Å². The first-order chi connectivity index (χ1) is 25.2. The molecule has 11 rings (SSSR count). The van der Waals surface area contributed by atoms with Gasteiger partial charge in [-0.2, -0.15) is 0 Å². The van der Waals surface area contributed by atoms with Gasteiger partial charge in [-0.1, -0.05) is 97.1 Å². The summed E-state index contributed by atoms with van der Waals surface area (Å²) in [5.74, 6) is 0. The molecule has 0 unspecified atom stereocenters. The summed E-state index contributed by atoms with van der Waals surface area (Å²) in [4.78, 5) is 17.9. The summed E-state index contributed by atoms with van der Waals surface area (Å²) in [6.45, 7) is 3.86. The molecule has 1 aromatic heterocycles. The van der Waals surface area contributed by atoms with Crippen LogP contribution in [0.1, 0.15) is 5.56 Å². The maximum Gasteiger partial charge on any atom is 0.115 e. The van der Waals surface area contributed by atoms with Crippen molar-refractivity contribution in [1.82, 2.24) is 9.97 Å². The van der Waals surface area contributed by atoms with E-state index in [1.54, 1.807) is 6.33 Å². The van der Waals surface area contributed by atoms with Crippen LogP contribution >= 0.6 is 0 Å². The minimum atomic E-state index is 0.915. The van der Waals surface area contributed by atoms with Gasteiger partial charge < -0.3 is 0 Å². The van der Waals surface area contributed by atoms with Gasteiger partial charge >= 0.3 is 0 Å². The number of nitrogens with zero attached hydrogens (tertiary/aromatic N) is 4. The largest absolute Gasteiger partial charge is 0.296 e. The van der Waals surface area contributed by atoms with E-state index in [0.717, 1.165) is 33.0 Å². The molecule has 0 radical (unpaired) electrons. The highest BCUT2D eigenvalue weighted by molar-refractivity contribution is 6.34. The Morgan fingerprint density at radius 1 is 0.549 bits per heavy atom. The Morgan fingerprint density at radius 2 is 1.16 bits per heavy atom. The smallest absolute Gasteiger partial charge is 0.115 e. The molecule has 2 aliphatic carbocycles. The second kappa shape index (κ2) is 10.4. The molecule has 0 amide bonds. The van der Waals surface area contributed by atoms with Crippen LogP contribution in [0.5, 0.6) is 0 Å². The Hall–Kier alpha value is -6.78. The van der Waals surface area contributed by atoms with Crippen LogP contribution in [-0.2, 0) is 0 Å². The maximum atomic E-state index is 4.55. The van der Waals surface area contributed by atoms with Crippen LogP contribution in [0.3, 0.4) is 0 Å². The van der Waals surface area contributed by atoms with Crippen molar-refractivity contribution in [2.24, 2.45) is 9.98 Å². The third-order valence-corrected chi connectivity index (χ3v) is 11.0. The number of hydrogen-bond acceptors (Lipinski definition) is 4. The molecular weight excluding hydrogens is 621 g/mol. The number of rotatable bonds is 4. The molecule has 1 heterocycles. The normalized spacial score (nSPS) is 12.9. The lowest BCUT2D eigenvalue weighted by Crippen LogP contribution is -1.99. The lowest BCUT2D eigenvalue weighted by Gasteiger charge is -2.22. The van der Waals surface area contributed by atoms with Crippen molar-refractivity contribution in [3.63, 3.8) is 0 Å². The lowest BCUT2D eigenvalue weighted by atomic mass is 9.81. The zero-order valence-corrected chi connectivity index (χ0v) is 27.8. The van der Waals surface area contributed by atoms with Crippen molar-refractivity contribution >= 4 is 72.4 Å². The number of allylic oxidation sites excluding steroid dienone is 1. The maximum absolute atomic E-state index is 4.55. The third-order valence-electron chi connectivity index (χ3n) is 11.0. The van der Waals surface area contributed by atoms with Gasteiger partial charge in [0.05, 0.1) is 0 Å². The molecule has 4 nitrogen and oxygen atoms in total. The molecular formula is C47H28N4. The molecule has 0 saturated carbocycles. The van der Waals surface area contributed by atoms with Crippen LogP contribution < -0.4 is 0 Å². The first kappa shape index (κ1) is 28.1. The number of benzene rings is 8. The molecule has 4 heteroatoms. The van der Waals surface area contributed by atoms with Gasteiger partial charge in [0.1, 0.15) is 6.33 Å². The molecule has 8 aromatic carbocycles. The van der Waals surface area contributed by atoms with E-state index in [1.165, 1.54) is 87.6 Å². The highest BCUT2D eigenvalue weighted by atomic mass is 14.8. The fourth-order valence-electron chi connectivity index (χ4n) is 9.12. The standard InChI is InChI=1S/C47H28N4/c1-48-21-29(22-49-2)43-37-18-17-31-34(16-15-28-19-39-32-11-3-7-26-8-4-12-33(41(26)32)40(39)20-38(28)31)45(37)44(30-23-50-25-51-24-30)47-36-14-6-10-27-9-5-13-35(42(27)36)46(43)47/h3-25H,1H2,2H3/b29-21+,49-22-. The van der Waals surface area contributed by atoms with Crippen molar-refractivity contribution in [3.8, 4) is 55.6 Å². The zero-order valence-electron chi connectivity index (χ0n) is 27.8. The first-order valence-electron chi connectivity index (χ1n) is 17.2. The fraction of sp³-hybridized carbons (Fsp3) is 0.0213. The van der Waals surface area contributed by atoms with Gasteiger partial charge in [-0.05, 0) is 117 Å². The van der Waals surface area contributed by atoms with Crippen molar-refractivity contribution in [1.29, 1.82) is 0 Å². The van der Waals surface area contributed by atoms with E-state index in [9.17, 15) is 0 Å². The first-order valence-corrected chi connectivity index (χ1v) is 17.2. The quantitative estimate of drug-likeness (QED) is 0.141. The Labute approximate surface area is 293 Å². The average molecular weight is 649 g/mol. The van der Waals surface area contributed by atoms with E-state index >= 15 is 0 Å². The van der Waals surface area contributed by atoms with E-state index in [2.05, 4.69) is 136 Å². The van der Waals surface area contributed by atoms with Gasteiger partial charge in [0.15, 0.2) is 0 Å². The molecule has 0 N–H and O–H groups in total. The summed E-state index contributed by atoms with van der Waals surface area (Å²) >= 11 is 0. The van der Waals surface area contributed by atoms with Gasteiger partial charge in [-0.3, -0.25) is 9.98 Å². The SMILES string of the molecule is C=N/C=C(\C=N/C)c1c2c(c(-c3cncnc3)c3c1ccc1c4cc5c(cc4ccc13)-c1cccc3cccc-5c13)-c1cccc3cccc-2c13. The van der Waals surface area contributed by atoms with Crippen LogP contribution in [0.15, 0.2) is 144 Å². The van der Waals surface area contributed by atoms with Crippen LogP contribution in [0.2, 0.25) is 0 Å². The topological polar surface area (TPSA) is 50.5 Å². The van der Waals surface area contributed by atoms with E-state index in [4.69, 9.17) is 0 Å². The summed E-state index contributed by atoms with van der Waals surface area (Å²) in [5.41, 5.74) is 14.1. The van der Waals surface area contributed by atoms with E-state index in [-0.39, 0.29) is 0 Å². The summed E-state index contributed by atoms with van der Waals surface area (Å²) in [6.07, 6.45) is 9.25. The number of hydrogen-bond donors (Lipinski definition) is 0. The van der Waals surface area contributed by atoms with Gasteiger partial charge in [-0.25, -0.2) is 9.97 Å². The Morgan fingerprint density at radius 3 is 1.84 bits per heavy atom. The summed E-state index contributed by atoms with van der Waals surface area (Å²) in [7, 11) is 1.81. The van der Waals surface area contributed by atoms with Crippen molar-refractivity contribution < 1.29 is 0 Å². The molecule has 0 fully saturated rings. The van der Waals surface area contributed by atoms with Gasteiger partial charge in [0, 0.05) is 54.1 Å². The minimum absolute atomic E-state index is 0.915. The third kappa shape index (κ3) is 3.68. The lowest BCUT2D eigenvalue weighted by molar-refractivity contribution is 1.17. The monoisotopic (exact) mass is 648 g/mol. The summed E-state index contributed by atoms with van der Waals surface area (Å²) < 4.78 is 0. The van der Waals surface area contributed by atoms with Crippen LogP contribution in [-0.4, -0.2) is 29.9 Å². The van der Waals surface area contributed by atoms with Gasteiger partial charge in [0.2, 0.25) is 0 Å². The number of fused-ring (bicyclic) bond motifs is 11. The molecule has 2 aliphatic rings. The Kier molecular flexibility index (Phi) is 5.71. The Bertz CT molecular complexity index is 3090. The summed E-state index contributed by atoms with van der Waals surface area (Å²) in [6, 6.07) is 40.5. The average Bonchev–Trinajstić information content (AvgIpc) is 3.67. The second-order valence-corrected chi connectivity index (χ2v) is 13.5. The molecule has 9 aromatic rings. The fourth-order valence-corrected chi connectivity index (χ4v) is 9.12. The highest BCUT2D eigenvalue weighted by Gasteiger charge is 2.32.